The maximum atomic E-state index is 11.6. The molecule has 7 heteroatoms. The van der Waals surface area contributed by atoms with Crippen molar-refractivity contribution >= 4 is 39.9 Å². The molecule has 1 aliphatic rings. The standard InChI is InChI=1S/C18H18Cl2O.C14H18N2O2.C2H6/c1-2-13-11-12-21-18(13,14-3-7-16(19)8-4-14)15-5-9-17(20)10-6-15;1-2-3-14(18)12(15)8-10-6-9-7-11(17)4-5-13(9)16-10;1-2/h3-10,13H,2,11-12H2,1H3;4-7,12,16-17H,2-3,8,15H2,1H3;1-2H3/t;12-;/m.0./s1. The van der Waals surface area contributed by atoms with Crippen molar-refractivity contribution in [3.8, 4) is 5.75 Å². The zero-order valence-electron chi connectivity index (χ0n) is 24.4. The highest BCUT2D eigenvalue weighted by Gasteiger charge is 2.46. The number of H-pyrrole nitrogens is 1. The quantitative estimate of drug-likeness (QED) is 0.189. The number of aromatic hydroxyl groups is 1. The van der Waals surface area contributed by atoms with Crippen LogP contribution in [0.1, 0.15) is 70.2 Å². The maximum Gasteiger partial charge on any atom is 0.149 e. The van der Waals surface area contributed by atoms with Crippen molar-refractivity contribution in [2.45, 2.75) is 71.4 Å². The molecule has 0 bridgehead atoms. The molecule has 1 aliphatic heterocycles. The number of halogens is 2. The number of nitrogens with one attached hydrogen (secondary N) is 1. The van der Waals surface area contributed by atoms with E-state index in [1.54, 1.807) is 12.1 Å². The second-order valence-electron chi connectivity index (χ2n) is 10.1. The molecule has 0 amide bonds. The van der Waals surface area contributed by atoms with Crippen LogP contribution in [0.15, 0.2) is 72.8 Å². The number of carbonyl (C=O) groups excluding carboxylic acids is 1. The van der Waals surface area contributed by atoms with Crippen molar-refractivity contribution in [3.63, 3.8) is 0 Å². The van der Waals surface area contributed by atoms with E-state index in [0.29, 0.717) is 18.8 Å². The number of benzene rings is 3. The number of phenols is 1. The van der Waals surface area contributed by atoms with E-state index in [4.69, 9.17) is 33.7 Å². The zero-order valence-corrected chi connectivity index (χ0v) is 25.9. The van der Waals surface area contributed by atoms with E-state index in [1.165, 1.54) is 11.1 Å². The Bertz CT molecular complexity index is 1340. The molecule has 41 heavy (non-hydrogen) atoms. The number of nitrogens with two attached hydrogens (primary N) is 1. The first-order valence-electron chi connectivity index (χ1n) is 14.5. The summed E-state index contributed by atoms with van der Waals surface area (Å²) in [5.41, 5.74) is 9.68. The van der Waals surface area contributed by atoms with Gasteiger partial charge in [0.1, 0.15) is 17.1 Å². The largest absolute Gasteiger partial charge is 0.508 e. The molecule has 1 saturated heterocycles. The lowest BCUT2D eigenvalue weighted by Crippen LogP contribution is -2.33. The molecule has 5 rings (SSSR count). The van der Waals surface area contributed by atoms with Gasteiger partial charge in [0.25, 0.3) is 0 Å². The number of aromatic amines is 1. The Morgan fingerprint density at radius 3 is 2.12 bits per heavy atom. The summed E-state index contributed by atoms with van der Waals surface area (Å²) in [6.07, 6.45) is 4.01. The minimum atomic E-state index is -0.452. The van der Waals surface area contributed by atoms with Gasteiger partial charge in [-0.3, -0.25) is 4.79 Å². The maximum absolute atomic E-state index is 11.6. The summed E-state index contributed by atoms with van der Waals surface area (Å²) in [5.74, 6) is 0.790. The Morgan fingerprint density at radius 2 is 1.59 bits per heavy atom. The second-order valence-corrected chi connectivity index (χ2v) is 11.0. The lowest BCUT2D eigenvalue weighted by molar-refractivity contribution is -0.120. The van der Waals surface area contributed by atoms with Crippen LogP contribution in [0, 0.1) is 5.92 Å². The van der Waals surface area contributed by atoms with E-state index >= 15 is 0 Å². The summed E-state index contributed by atoms with van der Waals surface area (Å²) in [6, 6.07) is 22.6. The lowest BCUT2D eigenvalue weighted by Gasteiger charge is -2.35. The Morgan fingerprint density at radius 1 is 1.00 bits per heavy atom. The van der Waals surface area contributed by atoms with Crippen molar-refractivity contribution in [2.75, 3.05) is 6.61 Å². The SMILES string of the molecule is CC.CCC1CCOC1(c1ccc(Cl)cc1)c1ccc(Cl)cc1.CCCC(=O)[C@@H](N)Cc1cc2cc(O)ccc2[nH]1. The van der Waals surface area contributed by atoms with Crippen molar-refractivity contribution in [1.82, 2.24) is 4.98 Å². The third kappa shape index (κ3) is 7.92. The first kappa shape index (κ1) is 32.7. The van der Waals surface area contributed by atoms with Crippen LogP contribution in [0.25, 0.3) is 10.9 Å². The van der Waals surface area contributed by atoms with Crippen LogP contribution in [0.2, 0.25) is 10.0 Å². The molecule has 4 N–H and O–H groups in total. The average molecular weight is 598 g/mol. The van der Waals surface area contributed by atoms with Gasteiger partial charge in [0.2, 0.25) is 0 Å². The zero-order chi connectivity index (χ0) is 30.0. The summed E-state index contributed by atoms with van der Waals surface area (Å²) in [5, 5.41) is 11.8. The van der Waals surface area contributed by atoms with Crippen LogP contribution in [0.3, 0.4) is 0 Å². The topological polar surface area (TPSA) is 88.3 Å². The smallest absolute Gasteiger partial charge is 0.149 e. The summed E-state index contributed by atoms with van der Waals surface area (Å²) in [4.78, 5) is 14.8. The molecule has 220 valence electrons. The van der Waals surface area contributed by atoms with Crippen LogP contribution in [-0.2, 0) is 21.6 Å². The number of hydrogen-bond donors (Lipinski definition) is 3. The van der Waals surface area contributed by atoms with Gasteiger partial charge < -0.3 is 20.6 Å². The molecule has 0 saturated carbocycles. The summed E-state index contributed by atoms with van der Waals surface area (Å²) in [7, 11) is 0. The lowest BCUT2D eigenvalue weighted by atomic mass is 9.75. The Hall–Kier alpha value is -2.83. The predicted octanol–water partition coefficient (Wildman–Crippen LogP) is 8.82. The van der Waals surface area contributed by atoms with Gasteiger partial charge in [-0.15, -0.1) is 0 Å². The fourth-order valence-corrected chi connectivity index (χ4v) is 5.70. The number of fused-ring (bicyclic) bond motifs is 1. The number of carbonyl (C=O) groups is 1. The number of ether oxygens (including phenoxy) is 1. The molecule has 1 aromatic heterocycles. The highest BCUT2D eigenvalue weighted by molar-refractivity contribution is 6.30. The minimum Gasteiger partial charge on any atom is -0.508 e. The van der Waals surface area contributed by atoms with Crippen LogP contribution in [0.4, 0.5) is 0 Å². The molecule has 1 unspecified atom stereocenters. The van der Waals surface area contributed by atoms with Crippen molar-refractivity contribution in [1.29, 1.82) is 0 Å². The molecule has 2 heterocycles. The third-order valence-electron chi connectivity index (χ3n) is 7.42. The number of phenolic OH excluding ortho intramolecular Hbond substituents is 1. The number of ketones is 1. The second kappa shape index (κ2) is 15.4. The van der Waals surface area contributed by atoms with Crippen molar-refractivity contribution in [3.05, 3.63) is 99.7 Å². The molecule has 5 nitrogen and oxygen atoms in total. The number of rotatable bonds is 8. The predicted molar refractivity (Wildman–Crippen MR) is 171 cm³/mol. The summed E-state index contributed by atoms with van der Waals surface area (Å²) >= 11 is 12.1. The Labute approximate surface area is 254 Å². The van der Waals surface area contributed by atoms with Gasteiger partial charge in [-0.2, -0.15) is 0 Å². The van der Waals surface area contributed by atoms with E-state index < -0.39 is 6.04 Å². The molecule has 0 radical (unpaired) electrons. The van der Waals surface area contributed by atoms with Crippen molar-refractivity contribution in [2.24, 2.45) is 11.7 Å². The van der Waals surface area contributed by atoms with E-state index in [0.717, 1.165) is 52.5 Å². The first-order valence-corrected chi connectivity index (χ1v) is 15.3. The molecule has 0 spiro atoms. The van der Waals surface area contributed by atoms with Crippen LogP contribution in [-0.4, -0.2) is 28.5 Å². The van der Waals surface area contributed by atoms with Gasteiger partial charge in [0.05, 0.1) is 6.04 Å². The third-order valence-corrected chi connectivity index (χ3v) is 7.92. The molecule has 0 aliphatic carbocycles. The number of aromatic nitrogens is 1. The highest BCUT2D eigenvalue weighted by Crippen LogP contribution is 2.48. The molecular formula is C34H42Cl2N2O3. The molecule has 2 atom stereocenters. The van der Waals surface area contributed by atoms with E-state index in [-0.39, 0.29) is 17.1 Å². The first-order chi connectivity index (χ1) is 19.8. The number of hydrogen-bond acceptors (Lipinski definition) is 4. The van der Waals surface area contributed by atoms with Gasteiger partial charge in [-0.1, -0.05) is 75.2 Å². The molecule has 1 fully saturated rings. The fraction of sp³-hybridized carbons (Fsp3) is 0.382. The Kier molecular flexibility index (Phi) is 12.3. The van der Waals surface area contributed by atoms with Gasteiger partial charge >= 0.3 is 0 Å². The summed E-state index contributed by atoms with van der Waals surface area (Å²) in [6.45, 7) is 8.97. The van der Waals surface area contributed by atoms with E-state index in [9.17, 15) is 9.90 Å². The van der Waals surface area contributed by atoms with Crippen LogP contribution in [0.5, 0.6) is 5.75 Å². The average Bonchev–Trinajstić information content (AvgIpc) is 3.59. The minimum absolute atomic E-state index is 0.0963. The Balaban J connectivity index is 0.000000215. The van der Waals surface area contributed by atoms with Crippen molar-refractivity contribution < 1.29 is 14.6 Å². The van der Waals surface area contributed by atoms with Gasteiger partial charge in [0, 0.05) is 46.1 Å². The van der Waals surface area contributed by atoms with Gasteiger partial charge in [-0.05, 0) is 84.8 Å². The fourth-order valence-electron chi connectivity index (χ4n) is 5.45. The molecule has 3 aromatic carbocycles. The highest BCUT2D eigenvalue weighted by atomic mass is 35.5. The van der Waals surface area contributed by atoms with Gasteiger partial charge in [0.15, 0.2) is 0 Å². The normalized spacial score (nSPS) is 16.3. The van der Waals surface area contributed by atoms with Crippen LogP contribution >= 0.6 is 23.2 Å². The van der Waals surface area contributed by atoms with Gasteiger partial charge in [-0.25, -0.2) is 0 Å². The van der Waals surface area contributed by atoms with E-state index in [2.05, 4.69) is 36.2 Å². The van der Waals surface area contributed by atoms with E-state index in [1.807, 2.05) is 57.2 Å². The number of Topliss-reactive ketones (excluding diaryl/α,β-unsaturated/α-hetero) is 1. The summed E-state index contributed by atoms with van der Waals surface area (Å²) < 4.78 is 6.31. The van der Waals surface area contributed by atoms with Crippen LogP contribution < -0.4 is 5.73 Å². The molecular weight excluding hydrogens is 555 g/mol. The monoisotopic (exact) mass is 596 g/mol. The molecule has 4 aromatic rings.